The quantitative estimate of drug-likeness (QED) is 0.0207. The van der Waals surface area contributed by atoms with Crippen molar-refractivity contribution in [2.45, 2.75) is 148 Å². The summed E-state index contributed by atoms with van der Waals surface area (Å²) in [4.78, 5) is 125. The number of aliphatic hydroxyl groups excluding tert-OH is 1. The Morgan fingerprint density at radius 3 is 2.16 bits per heavy atom. The Morgan fingerprint density at radius 2 is 1.55 bits per heavy atom. The lowest BCUT2D eigenvalue weighted by atomic mass is 9.92. The van der Waals surface area contributed by atoms with Gasteiger partial charge >= 0.3 is 12.0 Å². The number of nitrogens with one attached hydrogen (secondary N) is 6. The molecule has 3 heterocycles. The molecule has 9 N–H and O–H groups in total. The summed E-state index contributed by atoms with van der Waals surface area (Å²) in [7, 11) is -0.773. The number of anilines is 1. The Kier molecular flexibility index (Phi) is 30.1. The van der Waals surface area contributed by atoms with E-state index < -0.39 is 87.9 Å². The van der Waals surface area contributed by atoms with E-state index in [1.165, 1.54) is 48.7 Å². The van der Waals surface area contributed by atoms with Crippen LogP contribution in [0.15, 0.2) is 41.8 Å². The molecule has 0 aliphatic carbocycles. The second-order valence-electron chi connectivity index (χ2n) is 22.1. The molecule has 4 rings (SSSR count). The Bertz CT molecular complexity index is 2730. The van der Waals surface area contributed by atoms with E-state index in [0.717, 1.165) is 35.6 Å². The van der Waals surface area contributed by atoms with Gasteiger partial charge in [0, 0.05) is 62.6 Å². The number of thiazole rings is 1. The molecule has 1 saturated heterocycles. The van der Waals surface area contributed by atoms with Crippen molar-refractivity contribution in [3.8, 4) is 0 Å². The first kappa shape index (κ1) is 72.0. The van der Waals surface area contributed by atoms with Crippen LogP contribution >= 0.6 is 11.3 Å². The summed E-state index contributed by atoms with van der Waals surface area (Å²) in [5, 5.41) is 26.5. The van der Waals surface area contributed by atoms with Crippen LogP contribution < -0.4 is 37.0 Å². The maximum absolute atomic E-state index is 14.3. The standard InChI is InChI=1S/C57H89N11O16S2/c1-10-37(6)50(64-53(75)43-18-11-12-23-66(43)8)56(77)67(9)44(35(2)3)32-45(84-38(7)69)55-62-42(33-85-55)52(74)65-86(79,80)34-39-15-13-16-40(31-39)60-51(73)41(17-14-22-59-57(58)78)61-54(76)49(36(4)5)63-46(70)21-25-81-27-29-83-30-28-82-26-24-68-47(71)19-20-48(68)72/h13,15-16,19-20,31,33,35-37,41,43-45,49-50,52,65,74H,10-12,14,17-18,21-30,32,34H2,1-9H3,(H,60,73)(H,61,76)(H,63,70)(H,64,75)(H3,58,59,78)/t37-,41-,43+,44+,45+,49-,50-,52?/m0/s1. The van der Waals surface area contributed by atoms with Crippen LogP contribution in [0.2, 0.25) is 0 Å². The van der Waals surface area contributed by atoms with Crippen LogP contribution in [0.4, 0.5) is 10.5 Å². The number of carbonyl (C=O) groups excluding carboxylic acids is 9. The number of hydrogen-bond acceptors (Lipinski definition) is 19. The monoisotopic (exact) mass is 1250 g/mol. The van der Waals surface area contributed by atoms with Crippen LogP contribution in [-0.4, -0.2) is 190 Å². The normalized spacial score (nSPS) is 17.1. The molecule has 0 radical (unpaired) electrons. The molecule has 480 valence electrons. The zero-order chi connectivity index (χ0) is 63.7. The molecule has 2 aliphatic heterocycles. The van der Waals surface area contributed by atoms with Gasteiger partial charge in [0.15, 0.2) is 12.3 Å². The predicted molar refractivity (Wildman–Crippen MR) is 319 cm³/mol. The van der Waals surface area contributed by atoms with E-state index >= 15 is 0 Å². The molecule has 1 aromatic heterocycles. The van der Waals surface area contributed by atoms with E-state index in [2.05, 4.69) is 36.3 Å². The number of likely N-dealkylation sites (N-methyl/N-ethyl adjacent to an activating group) is 2. The summed E-state index contributed by atoms with van der Waals surface area (Å²) in [6.45, 7) is 14.3. The molecular formula is C57H89N11O16S2. The molecular weight excluding hydrogens is 1160 g/mol. The van der Waals surface area contributed by atoms with Crippen molar-refractivity contribution in [2.24, 2.45) is 23.5 Å². The molecule has 8 atom stereocenters. The lowest BCUT2D eigenvalue weighted by Crippen LogP contribution is -2.58. The number of esters is 1. The van der Waals surface area contributed by atoms with Gasteiger partial charge in [-0.25, -0.2) is 18.2 Å². The van der Waals surface area contributed by atoms with Crippen molar-refractivity contribution in [1.82, 2.24) is 45.7 Å². The number of likely N-dealkylation sites (tertiary alicyclic amines) is 1. The largest absolute Gasteiger partial charge is 0.455 e. The van der Waals surface area contributed by atoms with E-state index in [-0.39, 0.29) is 142 Å². The summed E-state index contributed by atoms with van der Waals surface area (Å²) < 4.78 is 51.5. The number of primary amides is 1. The fraction of sp³-hybridized carbons (Fsp3) is 0.649. The average molecular weight is 1250 g/mol. The third kappa shape index (κ3) is 24.0. The van der Waals surface area contributed by atoms with Crippen molar-refractivity contribution < 1.29 is 75.6 Å². The van der Waals surface area contributed by atoms with Gasteiger partial charge < -0.3 is 61.3 Å². The number of nitrogens with two attached hydrogens (primary N) is 1. The summed E-state index contributed by atoms with van der Waals surface area (Å²) in [5.41, 5.74) is 5.50. The number of aromatic nitrogens is 1. The van der Waals surface area contributed by atoms with Gasteiger partial charge in [0.1, 0.15) is 23.1 Å². The maximum Gasteiger partial charge on any atom is 0.312 e. The zero-order valence-electron chi connectivity index (χ0n) is 50.8. The minimum Gasteiger partial charge on any atom is -0.455 e. The number of amides is 9. The third-order valence-electron chi connectivity index (χ3n) is 14.6. The summed E-state index contributed by atoms with van der Waals surface area (Å²) >= 11 is 1.03. The van der Waals surface area contributed by atoms with Crippen molar-refractivity contribution >= 4 is 80.4 Å². The first-order valence-corrected chi connectivity index (χ1v) is 31.6. The van der Waals surface area contributed by atoms with Gasteiger partial charge in [0.05, 0.1) is 63.7 Å². The van der Waals surface area contributed by atoms with Crippen LogP contribution in [0.25, 0.3) is 0 Å². The number of carbonyl (C=O) groups is 9. The highest BCUT2D eigenvalue weighted by Crippen LogP contribution is 2.32. The van der Waals surface area contributed by atoms with Crippen LogP contribution in [0.1, 0.15) is 128 Å². The number of rotatable bonds is 38. The van der Waals surface area contributed by atoms with E-state index in [4.69, 9.17) is 24.7 Å². The average Bonchev–Trinajstić information content (AvgIpc) is 2.75. The highest BCUT2D eigenvalue weighted by molar-refractivity contribution is 7.88. The smallest absolute Gasteiger partial charge is 0.312 e. The molecule has 2 aromatic rings. The Labute approximate surface area is 508 Å². The van der Waals surface area contributed by atoms with Gasteiger partial charge in [-0.3, -0.25) is 48.2 Å². The first-order valence-electron chi connectivity index (χ1n) is 29.1. The predicted octanol–water partition coefficient (Wildman–Crippen LogP) is 2.12. The number of benzene rings is 1. The van der Waals surface area contributed by atoms with Crippen LogP contribution in [0.3, 0.4) is 0 Å². The number of nitrogens with zero attached hydrogens (tertiary/aromatic N) is 4. The fourth-order valence-corrected chi connectivity index (χ4v) is 11.6. The molecule has 1 unspecified atom stereocenters. The van der Waals surface area contributed by atoms with Crippen LogP contribution in [0.5, 0.6) is 0 Å². The van der Waals surface area contributed by atoms with Gasteiger partial charge in [0.25, 0.3) is 11.8 Å². The lowest BCUT2D eigenvalue weighted by molar-refractivity contribution is -0.149. The molecule has 1 aromatic carbocycles. The molecule has 9 amide bonds. The number of hydrogen-bond donors (Lipinski definition) is 8. The minimum absolute atomic E-state index is 0.0119. The van der Waals surface area contributed by atoms with Crippen molar-refractivity contribution in [3.63, 3.8) is 0 Å². The molecule has 1 fully saturated rings. The van der Waals surface area contributed by atoms with E-state index in [9.17, 15) is 56.7 Å². The summed E-state index contributed by atoms with van der Waals surface area (Å²) in [6, 6.07) is 1.14. The lowest BCUT2D eigenvalue weighted by Gasteiger charge is -2.38. The molecule has 27 nitrogen and oxygen atoms in total. The van der Waals surface area contributed by atoms with E-state index in [0.29, 0.717) is 12.8 Å². The number of piperidine rings is 1. The Balaban J connectivity index is 1.34. The number of aliphatic hydroxyl groups is 1. The fourth-order valence-electron chi connectivity index (χ4n) is 9.59. The molecule has 0 saturated carbocycles. The van der Waals surface area contributed by atoms with Gasteiger partial charge in [-0.05, 0) is 74.7 Å². The molecule has 0 spiro atoms. The van der Waals surface area contributed by atoms with Crippen LogP contribution in [-0.2, 0) is 73.1 Å². The van der Waals surface area contributed by atoms with Gasteiger partial charge in [-0.1, -0.05) is 66.5 Å². The summed E-state index contributed by atoms with van der Waals surface area (Å²) in [6.07, 6.45) is 2.98. The maximum atomic E-state index is 14.3. The van der Waals surface area contributed by atoms with Crippen molar-refractivity contribution in [1.29, 1.82) is 0 Å². The Hall–Kier alpha value is -6.47. The van der Waals surface area contributed by atoms with Gasteiger partial charge in [0.2, 0.25) is 39.6 Å². The third-order valence-corrected chi connectivity index (χ3v) is 16.9. The summed E-state index contributed by atoms with van der Waals surface area (Å²) in [5.74, 6) is -5.21. The molecule has 29 heteroatoms. The van der Waals surface area contributed by atoms with Crippen molar-refractivity contribution in [3.05, 3.63) is 58.1 Å². The van der Waals surface area contributed by atoms with E-state index in [1.54, 1.807) is 25.8 Å². The highest BCUT2D eigenvalue weighted by atomic mass is 32.2. The molecule has 0 bridgehead atoms. The van der Waals surface area contributed by atoms with Gasteiger partial charge in [-0.15, -0.1) is 11.3 Å². The number of ether oxygens (including phenoxy) is 4. The second-order valence-corrected chi connectivity index (χ2v) is 24.7. The SMILES string of the molecule is CC[C@H](C)[C@H](NC(=O)[C@H]1CCCCN1C)C(=O)N(C)[C@H](C[C@@H](OC(C)=O)c1nc(C(O)NS(=O)(=O)Cc2cccc(NC(=O)[C@H](CCCNC(N)=O)NC(=O)[C@@H](NC(=O)CCOCCOCCOCCN3C(=O)C=CC3=O)C(C)C)c2)cs1)C(C)C. The van der Waals surface area contributed by atoms with Crippen LogP contribution in [0, 0.1) is 17.8 Å². The zero-order valence-corrected chi connectivity index (χ0v) is 52.4. The number of urea groups is 1. The Morgan fingerprint density at radius 1 is 0.884 bits per heavy atom. The number of imide groups is 1. The minimum atomic E-state index is -4.33. The second kappa shape index (κ2) is 36.0. The van der Waals surface area contributed by atoms with Crippen molar-refractivity contribution in [2.75, 3.05) is 78.7 Å². The molecule has 2 aliphatic rings. The first-order chi connectivity index (χ1) is 40.7. The topological polar surface area (TPSA) is 366 Å². The van der Waals surface area contributed by atoms with E-state index in [1.807, 2.05) is 39.6 Å². The molecule has 86 heavy (non-hydrogen) atoms. The van der Waals surface area contributed by atoms with Gasteiger partial charge in [-0.2, -0.15) is 4.72 Å². The highest BCUT2D eigenvalue weighted by Gasteiger charge is 2.38. The number of sulfonamides is 1.